The van der Waals surface area contributed by atoms with Gasteiger partial charge in [-0.25, -0.2) is 0 Å². The van der Waals surface area contributed by atoms with Crippen molar-refractivity contribution in [2.24, 2.45) is 5.73 Å². The summed E-state index contributed by atoms with van der Waals surface area (Å²) in [4.78, 5) is 1.19. The zero-order valence-electron chi connectivity index (χ0n) is 8.81. The second-order valence-electron chi connectivity index (χ2n) is 3.52. The summed E-state index contributed by atoms with van der Waals surface area (Å²) in [5, 5.41) is 2.05. The molecule has 0 saturated heterocycles. The minimum atomic E-state index is -0.0278. The van der Waals surface area contributed by atoms with Crippen molar-refractivity contribution >= 4 is 39.7 Å². The number of halogens is 2. The van der Waals surface area contributed by atoms with Gasteiger partial charge in [-0.3, -0.25) is 0 Å². The van der Waals surface area contributed by atoms with Crippen LogP contribution in [0.15, 0.2) is 40.2 Å². The molecule has 16 heavy (non-hydrogen) atoms. The van der Waals surface area contributed by atoms with Crippen LogP contribution in [-0.2, 0) is 0 Å². The van der Waals surface area contributed by atoms with Gasteiger partial charge in [-0.05, 0) is 35.6 Å². The summed E-state index contributed by atoms with van der Waals surface area (Å²) in [6, 6.07) is 10.4. The van der Waals surface area contributed by atoms with E-state index in [1.54, 1.807) is 11.3 Å². The molecular formula is C12H13BrClNS. The maximum absolute atomic E-state index is 6.19. The highest BCUT2D eigenvalue weighted by molar-refractivity contribution is 9.10. The summed E-state index contributed by atoms with van der Waals surface area (Å²) in [5.74, 6) is 0. The second kappa shape index (κ2) is 5.82. The van der Waals surface area contributed by atoms with Crippen molar-refractivity contribution < 1.29 is 0 Å². The fraction of sp³-hybridized carbons (Fsp3) is 0.167. The maximum Gasteiger partial charge on any atom is 0.0657 e. The average molecular weight is 319 g/mol. The molecule has 2 N–H and O–H groups in total. The molecule has 0 radical (unpaired) electrons. The first-order chi connectivity index (χ1) is 7.18. The van der Waals surface area contributed by atoms with Gasteiger partial charge >= 0.3 is 0 Å². The molecule has 0 aliphatic heterocycles. The van der Waals surface area contributed by atoms with E-state index in [2.05, 4.69) is 52.5 Å². The standard InChI is InChI=1S/C12H12BrNS.ClH/c1-8-4-5-9(10(13)7-8)12(14)11-3-2-6-15-11;/h2-7,12H,14H2,1H3;1H/t12-;/m1./s1. The van der Waals surface area contributed by atoms with E-state index >= 15 is 0 Å². The van der Waals surface area contributed by atoms with Gasteiger partial charge in [-0.2, -0.15) is 0 Å². The Morgan fingerprint density at radius 1 is 1.31 bits per heavy atom. The minimum Gasteiger partial charge on any atom is -0.320 e. The molecule has 0 aliphatic rings. The first kappa shape index (κ1) is 13.7. The van der Waals surface area contributed by atoms with Crippen LogP contribution in [0, 0.1) is 6.92 Å². The van der Waals surface area contributed by atoms with Crippen molar-refractivity contribution in [2.45, 2.75) is 13.0 Å². The van der Waals surface area contributed by atoms with Gasteiger partial charge in [0.15, 0.2) is 0 Å². The van der Waals surface area contributed by atoms with Gasteiger partial charge in [0.25, 0.3) is 0 Å². The highest BCUT2D eigenvalue weighted by atomic mass is 79.9. The Morgan fingerprint density at radius 2 is 2.06 bits per heavy atom. The summed E-state index contributed by atoms with van der Waals surface area (Å²) in [7, 11) is 0. The number of hydrogen-bond donors (Lipinski definition) is 1. The molecule has 0 aliphatic carbocycles. The Bertz CT molecular complexity index is 456. The van der Waals surface area contributed by atoms with Gasteiger partial charge in [0, 0.05) is 9.35 Å². The normalized spacial score (nSPS) is 11.9. The quantitative estimate of drug-likeness (QED) is 0.878. The fourth-order valence-corrected chi connectivity index (χ4v) is 2.99. The van der Waals surface area contributed by atoms with E-state index in [4.69, 9.17) is 5.73 Å². The van der Waals surface area contributed by atoms with Crippen LogP contribution in [0.1, 0.15) is 22.0 Å². The molecule has 1 heterocycles. The molecule has 0 unspecified atom stereocenters. The Balaban J connectivity index is 0.00000128. The summed E-state index contributed by atoms with van der Waals surface area (Å²) in [5.41, 5.74) is 8.57. The largest absolute Gasteiger partial charge is 0.320 e. The van der Waals surface area contributed by atoms with Gasteiger partial charge in [-0.1, -0.05) is 34.1 Å². The number of nitrogens with two attached hydrogens (primary N) is 1. The fourth-order valence-electron chi connectivity index (χ4n) is 1.51. The van der Waals surface area contributed by atoms with E-state index < -0.39 is 0 Å². The number of hydrogen-bond acceptors (Lipinski definition) is 2. The monoisotopic (exact) mass is 317 g/mol. The highest BCUT2D eigenvalue weighted by Crippen LogP contribution is 2.29. The van der Waals surface area contributed by atoms with Crippen molar-refractivity contribution in [2.75, 3.05) is 0 Å². The smallest absolute Gasteiger partial charge is 0.0657 e. The molecule has 1 nitrogen and oxygen atoms in total. The summed E-state index contributed by atoms with van der Waals surface area (Å²) in [6.07, 6.45) is 0. The third kappa shape index (κ3) is 2.86. The zero-order chi connectivity index (χ0) is 10.8. The molecule has 0 spiro atoms. The topological polar surface area (TPSA) is 26.0 Å². The van der Waals surface area contributed by atoms with E-state index in [9.17, 15) is 0 Å². The molecule has 0 saturated carbocycles. The van der Waals surface area contributed by atoms with Gasteiger partial charge < -0.3 is 5.73 Å². The molecule has 2 rings (SSSR count). The van der Waals surface area contributed by atoms with E-state index in [1.807, 2.05) is 6.07 Å². The van der Waals surface area contributed by atoms with Crippen LogP contribution in [0.5, 0.6) is 0 Å². The van der Waals surface area contributed by atoms with E-state index in [0.717, 1.165) is 10.0 Å². The Morgan fingerprint density at radius 3 is 2.62 bits per heavy atom. The molecule has 1 atom stereocenters. The van der Waals surface area contributed by atoms with Crippen molar-refractivity contribution in [3.05, 3.63) is 56.2 Å². The van der Waals surface area contributed by atoms with Gasteiger partial charge in [0.2, 0.25) is 0 Å². The van der Waals surface area contributed by atoms with Crippen molar-refractivity contribution in [1.82, 2.24) is 0 Å². The third-order valence-corrected chi connectivity index (χ3v) is 3.98. The summed E-state index contributed by atoms with van der Waals surface area (Å²) >= 11 is 5.25. The molecule has 4 heteroatoms. The lowest BCUT2D eigenvalue weighted by Crippen LogP contribution is -2.10. The minimum absolute atomic E-state index is 0. The van der Waals surface area contributed by atoms with Crippen LogP contribution >= 0.6 is 39.7 Å². The summed E-state index contributed by atoms with van der Waals surface area (Å²) in [6.45, 7) is 2.07. The molecular weight excluding hydrogens is 306 g/mol. The number of aryl methyl sites for hydroxylation is 1. The van der Waals surface area contributed by atoms with Crippen molar-refractivity contribution in [3.8, 4) is 0 Å². The second-order valence-corrected chi connectivity index (χ2v) is 5.35. The molecule has 0 amide bonds. The first-order valence-corrected chi connectivity index (χ1v) is 6.41. The lowest BCUT2D eigenvalue weighted by atomic mass is 10.0. The van der Waals surface area contributed by atoms with E-state index in [1.165, 1.54) is 10.4 Å². The van der Waals surface area contributed by atoms with Crippen LogP contribution in [-0.4, -0.2) is 0 Å². The van der Waals surface area contributed by atoms with E-state index in [0.29, 0.717) is 0 Å². The maximum atomic E-state index is 6.19. The molecule has 1 aromatic heterocycles. The van der Waals surface area contributed by atoms with Crippen LogP contribution in [0.3, 0.4) is 0 Å². The first-order valence-electron chi connectivity index (χ1n) is 4.73. The predicted octanol–water partition coefficient (Wildman–Crippen LogP) is 4.29. The van der Waals surface area contributed by atoms with Crippen molar-refractivity contribution in [1.29, 1.82) is 0 Å². The Kier molecular flexibility index (Phi) is 4.99. The molecule has 0 fully saturated rings. The van der Waals surface area contributed by atoms with Gasteiger partial charge in [0.1, 0.15) is 0 Å². The zero-order valence-corrected chi connectivity index (χ0v) is 12.0. The molecule has 1 aromatic carbocycles. The number of rotatable bonds is 2. The van der Waals surface area contributed by atoms with E-state index in [-0.39, 0.29) is 18.4 Å². The molecule has 2 aromatic rings. The predicted molar refractivity (Wildman–Crippen MR) is 76.5 cm³/mol. The average Bonchev–Trinajstić information content (AvgIpc) is 2.69. The lowest BCUT2D eigenvalue weighted by molar-refractivity contribution is 0.886. The van der Waals surface area contributed by atoms with Gasteiger partial charge in [0.05, 0.1) is 6.04 Å². The summed E-state index contributed by atoms with van der Waals surface area (Å²) < 4.78 is 1.09. The Labute approximate surface area is 114 Å². The van der Waals surface area contributed by atoms with Crippen LogP contribution in [0.2, 0.25) is 0 Å². The van der Waals surface area contributed by atoms with Crippen LogP contribution in [0.25, 0.3) is 0 Å². The number of benzene rings is 1. The molecule has 0 bridgehead atoms. The molecule has 86 valence electrons. The lowest BCUT2D eigenvalue weighted by Gasteiger charge is -2.12. The number of thiophene rings is 1. The SMILES string of the molecule is Cc1ccc([C@@H](N)c2cccs2)c(Br)c1.Cl. The van der Waals surface area contributed by atoms with Crippen LogP contribution < -0.4 is 5.73 Å². The third-order valence-electron chi connectivity index (χ3n) is 2.34. The Hall–Kier alpha value is -0.350. The highest BCUT2D eigenvalue weighted by Gasteiger charge is 2.12. The van der Waals surface area contributed by atoms with Crippen LogP contribution in [0.4, 0.5) is 0 Å². The van der Waals surface area contributed by atoms with Crippen molar-refractivity contribution in [3.63, 3.8) is 0 Å². The van der Waals surface area contributed by atoms with Gasteiger partial charge in [-0.15, -0.1) is 23.7 Å².